The molecule has 5 heteroatoms. The molecule has 0 bridgehead atoms. The van der Waals surface area contributed by atoms with Gasteiger partial charge in [0.1, 0.15) is 0 Å². The molecule has 0 saturated heterocycles. The fourth-order valence-corrected chi connectivity index (χ4v) is 2.58. The predicted molar refractivity (Wildman–Crippen MR) is 98.3 cm³/mol. The molecule has 0 saturated carbocycles. The molecule has 0 aliphatic rings. The molecule has 0 aromatic heterocycles. The average Bonchev–Trinajstić information content (AvgIpc) is 2.43. The van der Waals surface area contributed by atoms with Gasteiger partial charge in [-0.25, -0.2) is 0 Å². The number of hydrogen-bond donors (Lipinski definition) is 3. The molecule has 0 N–H and O–H groups in total. The van der Waals surface area contributed by atoms with E-state index < -0.39 is 0 Å². The summed E-state index contributed by atoms with van der Waals surface area (Å²) in [5.41, 5.74) is 0. The first-order valence-electron chi connectivity index (χ1n) is 7.09. The van der Waals surface area contributed by atoms with E-state index >= 15 is 0 Å². The second kappa shape index (κ2) is 14.1. The third-order valence-corrected chi connectivity index (χ3v) is 4.59. The van der Waals surface area contributed by atoms with Crippen LogP contribution in [-0.2, 0) is 9.47 Å². The van der Waals surface area contributed by atoms with Gasteiger partial charge < -0.3 is 9.47 Å². The molecule has 0 spiro atoms. The molecule has 0 heterocycles. The van der Waals surface area contributed by atoms with Gasteiger partial charge in [0.25, 0.3) is 0 Å². The molecule has 0 aromatic rings. The minimum absolute atomic E-state index is 0.373. The highest BCUT2D eigenvalue weighted by Gasteiger charge is 2.10. The molecule has 2 unspecified atom stereocenters. The summed E-state index contributed by atoms with van der Waals surface area (Å²) in [7, 11) is 0. The van der Waals surface area contributed by atoms with Crippen molar-refractivity contribution in [3.8, 4) is 0 Å². The summed E-state index contributed by atoms with van der Waals surface area (Å²) < 4.78 is 10.2. The summed E-state index contributed by atoms with van der Waals surface area (Å²) in [5, 5.41) is 1.16. The Balaban J connectivity index is 3.54. The van der Waals surface area contributed by atoms with E-state index in [0.29, 0.717) is 29.0 Å². The molecule has 0 aliphatic carbocycles. The third kappa shape index (κ3) is 13.1. The van der Waals surface area contributed by atoms with Crippen LogP contribution in [0.4, 0.5) is 0 Å². The van der Waals surface area contributed by atoms with Gasteiger partial charge in [0.05, 0.1) is 25.7 Å². The van der Waals surface area contributed by atoms with E-state index in [1.807, 2.05) is 0 Å². The summed E-state index contributed by atoms with van der Waals surface area (Å²) in [6, 6.07) is 0. The Morgan fingerprint density at radius 3 is 1.25 bits per heavy atom. The van der Waals surface area contributed by atoms with Crippen molar-refractivity contribution in [2.24, 2.45) is 0 Å². The highest BCUT2D eigenvalue weighted by Crippen LogP contribution is 2.20. The lowest BCUT2D eigenvalue weighted by Gasteiger charge is -2.16. The maximum Gasteiger partial charge on any atom is 0.0883 e. The summed E-state index contributed by atoms with van der Waals surface area (Å²) in [6.07, 6.45) is 9.14. The SMILES string of the molecule is C=COCCC(S)CCC(S)CCC(S)CCOC=C. The molecule has 20 heavy (non-hydrogen) atoms. The van der Waals surface area contributed by atoms with Crippen molar-refractivity contribution in [1.82, 2.24) is 0 Å². The molecular formula is C15H28O2S3. The smallest absolute Gasteiger partial charge is 0.0883 e. The largest absolute Gasteiger partial charge is 0.502 e. The Morgan fingerprint density at radius 1 is 0.650 bits per heavy atom. The van der Waals surface area contributed by atoms with E-state index in [2.05, 4.69) is 51.0 Å². The fourth-order valence-electron chi connectivity index (χ4n) is 1.78. The van der Waals surface area contributed by atoms with E-state index in [9.17, 15) is 0 Å². The van der Waals surface area contributed by atoms with E-state index in [1.165, 1.54) is 12.5 Å². The minimum Gasteiger partial charge on any atom is -0.502 e. The molecule has 0 aromatic carbocycles. The molecule has 118 valence electrons. The average molecular weight is 337 g/mol. The molecular weight excluding hydrogens is 308 g/mol. The van der Waals surface area contributed by atoms with Crippen LogP contribution in [0, 0.1) is 0 Å². The van der Waals surface area contributed by atoms with Crippen molar-refractivity contribution in [2.45, 2.75) is 54.3 Å². The van der Waals surface area contributed by atoms with Gasteiger partial charge >= 0.3 is 0 Å². The van der Waals surface area contributed by atoms with E-state index in [-0.39, 0.29) is 0 Å². The molecule has 0 fully saturated rings. The molecule has 2 nitrogen and oxygen atoms in total. The summed E-state index contributed by atoms with van der Waals surface area (Å²) in [5.74, 6) is 0. The Bertz CT molecular complexity index is 225. The van der Waals surface area contributed by atoms with Crippen molar-refractivity contribution in [2.75, 3.05) is 13.2 Å². The Morgan fingerprint density at radius 2 is 0.950 bits per heavy atom. The van der Waals surface area contributed by atoms with Crippen molar-refractivity contribution in [3.63, 3.8) is 0 Å². The van der Waals surface area contributed by atoms with Gasteiger partial charge in [-0.05, 0) is 38.5 Å². The second-order valence-electron chi connectivity index (χ2n) is 4.77. The maximum absolute atomic E-state index is 5.10. The highest BCUT2D eigenvalue weighted by molar-refractivity contribution is 7.81. The Hall–Kier alpha value is 0.130. The van der Waals surface area contributed by atoms with Gasteiger partial charge in [-0.3, -0.25) is 0 Å². The number of hydrogen-bond acceptors (Lipinski definition) is 5. The van der Waals surface area contributed by atoms with Crippen LogP contribution >= 0.6 is 37.9 Å². The van der Waals surface area contributed by atoms with Crippen LogP contribution in [0.25, 0.3) is 0 Å². The second-order valence-corrected chi connectivity index (χ2v) is 6.96. The first kappa shape index (κ1) is 20.1. The van der Waals surface area contributed by atoms with Gasteiger partial charge in [-0.2, -0.15) is 37.9 Å². The monoisotopic (exact) mass is 336 g/mol. The van der Waals surface area contributed by atoms with Gasteiger partial charge in [-0.15, -0.1) is 0 Å². The zero-order valence-corrected chi connectivity index (χ0v) is 14.8. The van der Waals surface area contributed by atoms with Crippen LogP contribution in [0.5, 0.6) is 0 Å². The summed E-state index contributed by atoms with van der Waals surface area (Å²) in [6.45, 7) is 8.42. The highest BCUT2D eigenvalue weighted by atomic mass is 32.1. The summed E-state index contributed by atoms with van der Waals surface area (Å²) >= 11 is 13.7. The van der Waals surface area contributed by atoms with Crippen molar-refractivity contribution < 1.29 is 9.47 Å². The quantitative estimate of drug-likeness (QED) is 0.246. The lowest BCUT2D eigenvalue weighted by molar-refractivity contribution is 0.243. The number of ether oxygens (including phenoxy) is 2. The predicted octanol–water partition coefficient (Wildman–Crippen LogP) is 4.54. The van der Waals surface area contributed by atoms with Gasteiger partial charge in [0.2, 0.25) is 0 Å². The van der Waals surface area contributed by atoms with Crippen molar-refractivity contribution in [1.29, 1.82) is 0 Å². The lowest BCUT2D eigenvalue weighted by atomic mass is 10.1. The van der Waals surface area contributed by atoms with Crippen LogP contribution in [0.2, 0.25) is 0 Å². The molecule has 0 amide bonds. The maximum atomic E-state index is 5.10. The minimum atomic E-state index is 0.373. The van der Waals surface area contributed by atoms with Crippen LogP contribution < -0.4 is 0 Å². The molecule has 0 aliphatic heterocycles. The van der Waals surface area contributed by atoms with Crippen molar-refractivity contribution >= 4 is 37.9 Å². The van der Waals surface area contributed by atoms with Gasteiger partial charge in [-0.1, -0.05) is 13.2 Å². The normalized spacial score (nSPS) is 15.2. The first-order valence-corrected chi connectivity index (χ1v) is 8.64. The van der Waals surface area contributed by atoms with Crippen LogP contribution in [0.3, 0.4) is 0 Å². The number of rotatable bonds is 14. The topological polar surface area (TPSA) is 18.5 Å². The van der Waals surface area contributed by atoms with E-state index in [0.717, 1.165) is 38.5 Å². The Labute approximate surface area is 140 Å². The fraction of sp³-hybridized carbons (Fsp3) is 0.733. The lowest BCUT2D eigenvalue weighted by Crippen LogP contribution is -2.10. The molecule has 0 radical (unpaired) electrons. The first-order chi connectivity index (χ1) is 9.60. The van der Waals surface area contributed by atoms with Gasteiger partial charge in [0.15, 0.2) is 0 Å². The van der Waals surface area contributed by atoms with Gasteiger partial charge in [0, 0.05) is 15.7 Å². The van der Waals surface area contributed by atoms with Crippen molar-refractivity contribution in [3.05, 3.63) is 25.7 Å². The number of thiol groups is 3. The molecule has 0 rings (SSSR count). The standard InChI is InChI=1S/C15H28O2S3/c1-3-16-11-9-14(19)7-5-13(18)6-8-15(20)10-12-17-4-2/h3-4,13-15,18-20H,1-2,5-12H2. The van der Waals surface area contributed by atoms with E-state index in [1.54, 1.807) is 0 Å². The zero-order chi connectivity index (χ0) is 15.2. The Kier molecular flexibility index (Phi) is 14.2. The molecule has 2 atom stereocenters. The third-order valence-electron chi connectivity index (χ3n) is 3.04. The van der Waals surface area contributed by atoms with Crippen LogP contribution in [0.1, 0.15) is 38.5 Å². The summed E-state index contributed by atoms with van der Waals surface area (Å²) in [4.78, 5) is 0. The van der Waals surface area contributed by atoms with Crippen LogP contribution in [0.15, 0.2) is 25.7 Å². The van der Waals surface area contributed by atoms with Crippen LogP contribution in [-0.4, -0.2) is 29.0 Å². The zero-order valence-electron chi connectivity index (χ0n) is 12.1. The van der Waals surface area contributed by atoms with E-state index in [4.69, 9.17) is 9.47 Å².